The van der Waals surface area contributed by atoms with Gasteiger partial charge in [-0.25, -0.2) is 0 Å². The van der Waals surface area contributed by atoms with Crippen molar-refractivity contribution in [2.45, 2.75) is 46.5 Å². The van der Waals surface area contributed by atoms with Gasteiger partial charge in [-0.2, -0.15) is 0 Å². The molecular formula is C19H26O. The number of Topliss-reactive ketones (excluding diaryl/α,β-unsaturated/α-hetero) is 1. The van der Waals surface area contributed by atoms with Gasteiger partial charge in [-0.15, -0.1) is 0 Å². The molecule has 4 atom stereocenters. The van der Waals surface area contributed by atoms with Crippen LogP contribution in [-0.4, -0.2) is 5.78 Å². The van der Waals surface area contributed by atoms with E-state index in [1.807, 2.05) is 6.07 Å². The minimum Gasteiger partial charge on any atom is -0.299 e. The molecule has 3 aliphatic carbocycles. The number of hydrogen-bond acceptors (Lipinski definition) is 1. The molecule has 3 fully saturated rings. The van der Waals surface area contributed by atoms with Crippen molar-refractivity contribution in [3.05, 3.63) is 35.9 Å². The fraction of sp³-hybridized carbons (Fsp3) is 0.632. The Labute approximate surface area is 122 Å². The lowest BCUT2D eigenvalue weighted by atomic mass is 9.43. The molecule has 0 amide bonds. The van der Waals surface area contributed by atoms with Crippen LogP contribution in [0.1, 0.15) is 45.6 Å². The van der Waals surface area contributed by atoms with E-state index in [2.05, 4.69) is 45.0 Å². The average Bonchev–Trinajstić information content (AvgIpc) is 2.45. The van der Waals surface area contributed by atoms with E-state index in [1.54, 1.807) is 0 Å². The highest BCUT2D eigenvalue weighted by atomic mass is 16.1. The molecule has 3 aliphatic rings. The molecular weight excluding hydrogens is 244 g/mol. The van der Waals surface area contributed by atoms with Crippen molar-refractivity contribution >= 4 is 5.78 Å². The number of carbonyl (C=O) groups excluding carboxylic acids is 1. The maximum absolute atomic E-state index is 12.6. The second kappa shape index (κ2) is 5.02. The highest BCUT2D eigenvalue weighted by Crippen LogP contribution is 2.63. The van der Waals surface area contributed by atoms with Crippen molar-refractivity contribution in [2.75, 3.05) is 0 Å². The van der Waals surface area contributed by atoms with Crippen molar-refractivity contribution in [2.24, 2.45) is 29.1 Å². The van der Waals surface area contributed by atoms with E-state index in [9.17, 15) is 4.79 Å². The zero-order valence-electron chi connectivity index (χ0n) is 12.9. The van der Waals surface area contributed by atoms with E-state index in [-0.39, 0.29) is 0 Å². The molecule has 0 aliphatic heterocycles. The molecule has 0 aromatic heterocycles. The second-order valence-electron chi connectivity index (χ2n) is 7.51. The van der Waals surface area contributed by atoms with Gasteiger partial charge in [0, 0.05) is 12.3 Å². The molecule has 0 N–H and O–H groups in total. The summed E-state index contributed by atoms with van der Waals surface area (Å²) in [5.74, 6) is 2.97. The molecule has 0 radical (unpaired) electrons. The van der Waals surface area contributed by atoms with Crippen LogP contribution >= 0.6 is 0 Å². The van der Waals surface area contributed by atoms with Gasteiger partial charge < -0.3 is 0 Å². The molecule has 0 heterocycles. The smallest absolute Gasteiger partial charge is 0.136 e. The number of fused-ring (bicyclic) bond motifs is 2. The predicted octanol–water partition coefficient (Wildman–Crippen LogP) is 4.51. The highest BCUT2D eigenvalue weighted by Gasteiger charge is 2.57. The normalized spacial score (nSPS) is 34.4. The van der Waals surface area contributed by atoms with Crippen molar-refractivity contribution in [1.82, 2.24) is 0 Å². The second-order valence-corrected chi connectivity index (χ2v) is 7.51. The van der Waals surface area contributed by atoms with Crippen LogP contribution in [-0.2, 0) is 11.2 Å². The Balaban J connectivity index is 1.59. The standard InChI is InChI=1S/C19H26O/c1-13-16(11-15-12-17(13)19(15,2)3)18(20)10-9-14-7-5-4-6-8-14/h4-8,13,15-17H,9-12H2,1-3H3/t13-,15+,16+,17+/m0/s1. The number of rotatable bonds is 4. The highest BCUT2D eigenvalue weighted by molar-refractivity contribution is 5.81. The SMILES string of the molecule is C[C@@H]1[C@H]2C[C@@H](C[C@H]1C(=O)CCc1ccccc1)C2(C)C. The first kappa shape index (κ1) is 13.9. The largest absolute Gasteiger partial charge is 0.299 e. The third-order valence-electron chi connectivity index (χ3n) is 6.27. The summed E-state index contributed by atoms with van der Waals surface area (Å²) in [6, 6.07) is 10.4. The summed E-state index contributed by atoms with van der Waals surface area (Å²) in [7, 11) is 0. The fourth-order valence-corrected chi connectivity index (χ4v) is 4.67. The summed E-state index contributed by atoms with van der Waals surface area (Å²) in [5, 5.41) is 0. The predicted molar refractivity (Wildman–Crippen MR) is 82.4 cm³/mol. The minimum absolute atomic E-state index is 0.329. The third kappa shape index (κ3) is 2.21. The van der Waals surface area contributed by atoms with Gasteiger partial charge >= 0.3 is 0 Å². The molecule has 108 valence electrons. The van der Waals surface area contributed by atoms with Crippen LogP contribution in [0.25, 0.3) is 0 Å². The molecule has 0 saturated heterocycles. The van der Waals surface area contributed by atoms with Crippen LogP contribution in [0.4, 0.5) is 0 Å². The van der Waals surface area contributed by atoms with Gasteiger partial charge in [-0.3, -0.25) is 4.79 Å². The summed E-state index contributed by atoms with van der Waals surface area (Å²) >= 11 is 0. The topological polar surface area (TPSA) is 17.1 Å². The maximum atomic E-state index is 12.6. The molecule has 2 bridgehead atoms. The zero-order chi connectivity index (χ0) is 14.3. The van der Waals surface area contributed by atoms with Crippen molar-refractivity contribution in [1.29, 1.82) is 0 Å². The summed E-state index contributed by atoms with van der Waals surface area (Å²) in [5.41, 5.74) is 1.77. The number of aryl methyl sites for hydroxylation is 1. The molecule has 1 aromatic carbocycles. The van der Waals surface area contributed by atoms with Gasteiger partial charge in [0.25, 0.3) is 0 Å². The summed E-state index contributed by atoms with van der Waals surface area (Å²) < 4.78 is 0. The lowest BCUT2D eigenvalue weighted by Crippen LogP contribution is -2.56. The Bertz CT molecular complexity index is 488. The summed E-state index contributed by atoms with van der Waals surface area (Å²) in [6.45, 7) is 7.10. The first-order chi connectivity index (χ1) is 9.50. The number of ketones is 1. The van der Waals surface area contributed by atoms with Crippen LogP contribution in [0.2, 0.25) is 0 Å². The van der Waals surface area contributed by atoms with Gasteiger partial charge in [0.2, 0.25) is 0 Å². The molecule has 1 aromatic rings. The lowest BCUT2D eigenvalue weighted by Gasteiger charge is -2.61. The molecule has 1 heteroatoms. The first-order valence-corrected chi connectivity index (χ1v) is 8.06. The molecule has 20 heavy (non-hydrogen) atoms. The van der Waals surface area contributed by atoms with Crippen molar-refractivity contribution < 1.29 is 4.79 Å². The van der Waals surface area contributed by atoms with Gasteiger partial charge in [0.15, 0.2) is 0 Å². The Morgan fingerprint density at radius 2 is 1.90 bits per heavy atom. The molecule has 4 rings (SSSR count). The van der Waals surface area contributed by atoms with E-state index in [4.69, 9.17) is 0 Å². The van der Waals surface area contributed by atoms with Crippen LogP contribution in [0.3, 0.4) is 0 Å². The van der Waals surface area contributed by atoms with E-state index in [0.717, 1.165) is 31.1 Å². The van der Waals surface area contributed by atoms with Crippen molar-refractivity contribution in [3.8, 4) is 0 Å². The van der Waals surface area contributed by atoms with Crippen molar-refractivity contribution in [3.63, 3.8) is 0 Å². The molecule has 0 spiro atoms. The van der Waals surface area contributed by atoms with Gasteiger partial charge in [0.1, 0.15) is 5.78 Å². The molecule has 1 nitrogen and oxygen atoms in total. The number of benzene rings is 1. The Morgan fingerprint density at radius 1 is 1.20 bits per heavy atom. The molecule has 3 saturated carbocycles. The van der Waals surface area contributed by atoms with E-state index >= 15 is 0 Å². The quantitative estimate of drug-likeness (QED) is 0.787. The van der Waals surface area contributed by atoms with Crippen LogP contribution in [0, 0.1) is 29.1 Å². The van der Waals surface area contributed by atoms with E-state index < -0.39 is 0 Å². The third-order valence-corrected chi connectivity index (χ3v) is 6.27. The average molecular weight is 270 g/mol. The molecule has 0 unspecified atom stereocenters. The summed E-state index contributed by atoms with van der Waals surface area (Å²) in [6.07, 6.45) is 4.12. The van der Waals surface area contributed by atoms with E-state index in [1.165, 1.54) is 12.0 Å². The maximum Gasteiger partial charge on any atom is 0.136 e. The van der Waals surface area contributed by atoms with Crippen LogP contribution in [0.15, 0.2) is 30.3 Å². The van der Waals surface area contributed by atoms with Gasteiger partial charge in [-0.1, -0.05) is 51.1 Å². The lowest BCUT2D eigenvalue weighted by molar-refractivity contribution is -0.152. The monoisotopic (exact) mass is 270 g/mol. The van der Waals surface area contributed by atoms with Gasteiger partial charge in [0.05, 0.1) is 0 Å². The Kier molecular flexibility index (Phi) is 3.48. The Morgan fingerprint density at radius 3 is 2.50 bits per heavy atom. The fourth-order valence-electron chi connectivity index (χ4n) is 4.67. The Hall–Kier alpha value is -1.11. The number of hydrogen-bond donors (Lipinski definition) is 0. The van der Waals surface area contributed by atoms with Crippen LogP contribution < -0.4 is 0 Å². The first-order valence-electron chi connectivity index (χ1n) is 8.06. The van der Waals surface area contributed by atoms with Gasteiger partial charge in [-0.05, 0) is 48.0 Å². The van der Waals surface area contributed by atoms with E-state index in [0.29, 0.717) is 23.0 Å². The minimum atomic E-state index is 0.329. The van der Waals surface area contributed by atoms with Crippen LogP contribution in [0.5, 0.6) is 0 Å². The zero-order valence-corrected chi connectivity index (χ0v) is 12.9. The number of carbonyl (C=O) groups is 1. The summed E-state index contributed by atoms with van der Waals surface area (Å²) in [4.78, 5) is 12.6.